The third kappa shape index (κ3) is 5.33. The Labute approximate surface area is 169 Å². The Balaban J connectivity index is 1.42. The fraction of sp³-hybridized carbons (Fsp3) is 0.286. The van der Waals surface area contributed by atoms with Crippen LogP contribution in [-0.4, -0.2) is 60.2 Å². The van der Waals surface area contributed by atoms with Crippen LogP contribution in [0, 0.1) is 0 Å². The van der Waals surface area contributed by atoms with Gasteiger partial charge in [-0.1, -0.05) is 41.9 Å². The Bertz CT molecular complexity index is 832. The van der Waals surface area contributed by atoms with Crippen LogP contribution >= 0.6 is 11.6 Å². The molecule has 6 nitrogen and oxygen atoms in total. The third-order valence-electron chi connectivity index (χ3n) is 4.66. The van der Waals surface area contributed by atoms with Gasteiger partial charge in [0, 0.05) is 36.8 Å². The molecule has 1 aliphatic rings. The summed E-state index contributed by atoms with van der Waals surface area (Å²) in [5, 5.41) is 3.25. The second-order valence-corrected chi connectivity index (χ2v) is 7.06. The maximum atomic E-state index is 12.5. The smallest absolute Gasteiger partial charge is 0.253 e. The molecule has 0 unspecified atom stereocenters. The molecule has 0 spiro atoms. The van der Waals surface area contributed by atoms with Gasteiger partial charge in [-0.2, -0.15) is 0 Å². The molecule has 2 aromatic carbocycles. The molecule has 3 rings (SSSR count). The zero-order chi connectivity index (χ0) is 19.9. The number of benzene rings is 2. The summed E-state index contributed by atoms with van der Waals surface area (Å²) in [5.74, 6) is -0.393. The normalized spacial score (nSPS) is 13.9. The van der Waals surface area contributed by atoms with Gasteiger partial charge < -0.3 is 15.1 Å². The molecule has 0 radical (unpaired) electrons. The van der Waals surface area contributed by atoms with Gasteiger partial charge in [-0.25, -0.2) is 0 Å². The van der Waals surface area contributed by atoms with Crippen molar-refractivity contribution in [3.8, 4) is 0 Å². The Morgan fingerprint density at radius 2 is 1.46 bits per heavy atom. The van der Waals surface area contributed by atoms with Crippen LogP contribution in [0.3, 0.4) is 0 Å². The first-order valence-corrected chi connectivity index (χ1v) is 9.54. The van der Waals surface area contributed by atoms with Gasteiger partial charge in [-0.3, -0.25) is 14.4 Å². The second-order valence-electron chi connectivity index (χ2n) is 6.62. The quantitative estimate of drug-likeness (QED) is 0.835. The van der Waals surface area contributed by atoms with Gasteiger partial charge in [0.2, 0.25) is 11.8 Å². The number of hydrogen-bond donors (Lipinski definition) is 1. The predicted molar refractivity (Wildman–Crippen MR) is 107 cm³/mol. The standard InChI is InChI=1S/C21H22ClN3O3/c22-18-8-6-17(7-9-18)21(28)25-12-10-24(11-13-25)20(27)15-23-19(26)14-16-4-2-1-3-5-16/h1-9H,10-15H2,(H,23,26). The molecule has 7 heteroatoms. The van der Waals surface area contributed by atoms with Crippen LogP contribution < -0.4 is 5.32 Å². The number of halogens is 1. The van der Waals surface area contributed by atoms with Gasteiger partial charge in [0.15, 0.2) is 0 Å². The molecule has 1 aliphatic heterocycles. The topological polar surface area (TPSA) is 69.7 Å². The molecule has 3 amide bonds. The zero-order valence-electron chi connectivity index (χ0n) is 15.4. The van der Waals surface area contributed by atoms with E-state index in [4.69, 9.17) is 11.6 Å². The molecule has 1 fully saturated rings. The molecule has 1 heterocycles. The number of carbonyl (C=O) groups is 3. The molecular formula is C21H22ClN3O3. The van der Waals surface area contributed by atoms with E-state index < -0.39 is 0 Å². The van der Waals surface area contributed by atoms with Crippen molar-refractivity contribution in [2.45, 2.75) is 6.42 Å². The Hall–Kier alpha value is -2.86. The van der Waals surface area contributed by atoms with Gasteiger partial charge >= 0.3 is 0 Å². The van der Waals surface area contributed by atoms with Gasteiger partial charge in [0.1, 0.15) is 0 Å². The van der Waals surface area contributed by atoms with E-state index in [1.807, 2.05) is 30.3 Å². The predicted octanol–water partition coefficient (Wildman–Crippen LogP) is 1.98. The average Bonchev–Trinajstić information content (AvgIpc) is 2.73. The van der Waals surface area contributed by atoms with Crippen LogP contribution in [0.1, 0.15) is 15.9 Å². The van der Waals surface area contributed by atoms with E-state index in [2.05, 4.69) is 5.32 Å². The lowest BCUT2D eigenvalue weighted by Crippen LogP contribution is -2.52. The summed E-state index contributed by atoms with van der Waals surface area (Å²) in [7, 11) is 0. The highest BCUT2D eigenvalue weighted by Gasteiger charge is 2.24. The van der Waals surface area contributed by atoms with Crippen LogP contribution in [-0.2, 0) is 16.0 Å². The van der Waals surface area contributed by atoms with Crippen molar-refractivity contribution in [2.75, 3.05) is 32.7 Å². The molecule has 0 bridgehead atoms. The number of rotatable bonds is 5. The van der Waals surface area contributed by atoms with Crippen LogP contribution in [0.15, 0.2) is 54.6 Å². The Kier molecular flexibility index (Phi) is 6.66. The average molecular weight is 400 g/mol. The fourth-order valence-corrected chi connectivity index (χ4v) is 3.19. The molecule has 146 valence electrons. The van der Waals surface area contributed by atoms with E-state index in [1.54, 1.807) is 34.1 Å². The molecule has 2 aromatic rings. The van der Waals surface area contributed by atoms with Gasteiger partial charge in [0.25, 0.3) is 5.91 Å². The molecule has 1 N–H and O–H groups in total. The maximum absolute atomic E-state index is 12.5. The van der Waals surface area contributed by atoms with E-state index in [-0.39, 0.29) is 30.7 Å². The minimum Gasteiger partial charge on any atom is -0.347 e. The van der Waals surface area contributed by atoms with Crippen molar-refractivity contribution in [3.63, 3.8) is 0 Å². The van der Waals surface area contributed by atoms with Crippen LogP contribution in [0.25, 0.3) is 0 Å². The van der Waals surface area contributed by atoms with Crippen LogP contribution in [0.5, 0.6) is 0 Å². The lowest BCUT2D eigenvalue weighted by atomic mass is 10.1. The number of nitrogens with one attached hydrogen (secondary N) is 1. The SMILES string of the molecule is O=C(Cc1ccccc1)NCC(=O)N1CCN(C(=O)c2ccc(Cl)cc2)CC1. The Morgan fingerprint density at radius 3 is 2.11 bits per heavy atom. The third-order valence-corrected chi connectivity index (χ3v) is 4.91. The summed E-state index contributed by atoms with van der Waals surface area (Å²) < 4.78 is 0. The van der Waals surface area contributed by atoms with Crippen LogP contribution in [0.2, 0.25) is 5.02 Å². The highest BCUT2D eigenvalue weighted by atomic mass is 35.5. The number of piperazine rings is 1. The molecule has 1 saturated heterocycles. The monoisotopic (exact) mass is 399 g/mol. The fourth-order valence-electron chi connectivity index (χ4n) is 3.06. The van der Waals surface area contributed by atoms with E-state index in [1.165, 1.54) is 0 Å². The van der Waals surface area contributed by atoms with Crippen molar-refractivity contribution in [2.24, 2.45) is 0 Å². The highest BCUT2D eigenvalue weighted by Crippen LogP contribution is 2.13. The van der Waals surface area contributed by atoms with Crippen molar-refractivity contribution in [3.05, 3.63) is 70.7 Å². The van der Waals surface area contributed by atoms with Gasteiger partial charge in [0.05, 0.1) is 13.0 Å². The van der Waals surface area contributed by atoms with E-state index in [9.17, 15) is 14.4 Å². The molecule has 0 aliphatic carbocycles. The number of carbonyl (C=O) groups excluding carboxylic acids is 3. The highest BCUT2D eigenvalue weighted by molar-refractivity contribution is 6.30. The van der Waals surface area contributed by atoms with E-state index in [0.29, 0.717) is 36.8 Å². The van der Waals surface area contributed by atoms with Crippen molar-refractivity contribution < 1.29 is 14.4 Å². The van der Waals surface area contributed by atoms with E-state index >= 15 is 0 Å². The van der Waals surface area contributed by atoms with Crippen molar-refractivity contribution >= 4 is 29.3 Å². The summed E-state index contributed by atoms with van der Waals surface area (Å²) in [6, 6.07) is 16.2. The molecule has 0 saturated carbocycles. The van der Waals surface area contributed by atoms with Gasteiger partial charge in [-0.05, 0) is 29.8 Å². The largest absolute Gasteiger partial charge is 0.347 e. The van der Waals surface area contributed by atoms with Crippen molar-refractivity contribution in [1.82, 2.24) is 15.1 Å². The first-order valence-electron chi connectivity index (χ1n) is 9.16. The van der Waals surface area contributed by atoms with Crippen LogP contribution in [0.4, 0.5) is 0 Å². The summed E-state index contributed by atoms with van der Waals surface area (Å²) in [5.41, 5.74) is 1.49. The maximum Gasteiger partial charge on any atom is 0.253 e. The lowest BCUT2D eigenvalue weighted by Gasteiger charge is -2.34. The number of amides is 3. The van der Waals surface area contributed by atoms with E-state index in [0.717, 1.165) is 5.56 Å². The lowest BCUT2D eigenvalue weighted by molar-refractivity contribution is -0.133. The summed E-state index contributed by atoms with van der Waals surface area (Å²) >= 11 is 5.85. The molecule has 28 heavy (non-hydrogen) atoms. The molecular weight excluding hydrogens is 378 g/mol. The summed E-state index contributed by atoms with van der Waals surface area (Å²) in [4.78, 5) is 40.2. The number of nitrogens with zero attached hydrogens (tertiary/aromatic N) is 2. The summed E-state index contributed by atoms with van der Waals surface area (Å²) in [6.45, 7) is 1.80. The first-order chi connectivity index (χ1) is 13.5. The minimum atomic E-state index is -0.184. The van der Waals surface area contributed by atoms with Gasteiger partial charge in [-0.15, -0.1) is 0 Å². The second kappa shape index (κ2) is 9.37. The zero-order valence-corrected chi connectivity index (χ0v) is 16.2. The van der Waals surface area contributed by atoms with Crippen molar-refractivity contribution in [1.29, 1.82) is 0 Å². The number of hydrogen-bond acceptors (Lipinski definition) is 3. The molecule has 0 aromatic heterocycles. The summed E-state index contributed by atoms with van der Waals surface area (Å²) in [6.07, 6.45) is 0.248. The molecule has 0 atom stereocenters. The Morgan fingerprint density at radius 1 is 0.857 bits per heavy atom. The first kappa shape index (κ1) is 19.9. The minimum absolute atomic E-state index is 0.0310.